The Morgan fingerprint density at radius 3 is 2.69 bits per heavy atom. The summed E-state index contributed by atoms with van der Waals surface area (Å²) >= 11 is 2.62. The highest BCUT2D eigenvalue weighted by atomic mass is 32.1. The van der Waals surface area contributed by atoms with Crippen LogP contribution in [0.15, 0.2) is 75.5 Å². The Balaban J connectivity index is 1.79. The van der Waals surface area contributed by atoms with Crippen molar-refractivity contribution in [1.29, 1.82) is 0 Å². The van der Waals surface area contributed by atoms with Gasteiger partial charge in [-0.1, -0.05) is 41.7 Å². The topological polar surface area (TPSA) is 81.0 Å². The molecule has 0 saturated heterocycles. The average Bonchev–Trinajstić information content (AvgIpc) is 3.51. The van der Waals surface area contributed by atoms with Gasteiger partial charge in [-0.3, -0.25) is 14.2 Å². The quantitative estimate of drug-likeness (QED) is 0.394. The van der Waals surface area contributed by atoms with Crippen molar-refractivity contribution in [1.82, 2.24) is 4.57 Å². The van der Waals surface area contributed by atoms with Gasteiger partial charge in [-0.2, -0.15) is 0 Å². The van der Waals surface area contributed by atoms with E-state index in [1.807, 2.05) is 41.8 Å². The van der Waals surface area contributed by atoms with Crippen molar-refractivity contribution < 1.29 is 14.3 Å². The molecule has 7 nitrogen and oxygen atoms in total. The van der Waals surface area contributed by atoms with Gasteiger partial charge in [0.25, 0.3) is 11.5 Å². The lowest BCUT2D eigenvalue weighted by Crippen LogP contribution is -2.40. The van der Waals surface area contributed by atoms with E-state index in [0.29, 0.717) is 38.3 Å². The van der Waals surface area contributed by atoms with E-state index in [0.717, 1.165) is 10.6 Å². The number of allylic oxidation sites excluding steroid dienone is 1. The summed E-state index contributed by atoms with van der Waals surface area (Å²) < 4.78 is 7.34. The maximum atomic E-state index is 14.0. The minimum Gasteiger partial charge on any atom is -0.459 e. The summed E-state index contributed by atoms with van der Waals surface area (Å²) in [6.45, 7) is 9.41. The van der Waals surface area contributed by atoms with E-state index in [9.17, 15) is 14.4 Å². The van der Waals surface area contributed by atoms with E-state index in [4.69, 9.17) is 4.74 Å². The smallest absolute Gasteiger partial charge is 0.338 e. The molecule has 2 aromatic heterocycles. The average molecular weight is 506 g/mol. The highest BCUT2D eigenvalue weighted by Gasteiger charge is 2.37. The van der Waals surface area contributed by atoms with Crippen molar-refractivity contribution >= 4 is 45.8 Å². The van der Waals surface area contributed by atoms with Crippen LogP contribution in [0.3, 0.4) is 0 Å². The lowest BCUT2D eigenvalue weighted by Gasteiger charge is -2.24. The van der Waals surface area contributed by atoms with Crippen molar-refractivity contribution in [3.8, 4) is 0 Å². The third kappa shape index (κ3) is 3.71. The Kier molecular flexibility index (Phi) is 5.90. The number of ether oxygens (including phenoxy) is 1. The molecule has 0 N–H and O–H groups in total. The van der Waals surface area contributed by atoms with Gasteiger partial charge in [0.2, 0.25) is 0 Å². The van der Waals surface area contributed by atoms with Crippen LogP contribution in [0.2, 0.25) is 0 Å². The number of para-hydroxylation sites is 1. The first-order chi connectivity index (χ1) is 16.8. The number of hydrogen-bond acceptors (Lipinski definition) is 7. The molecule has 3 aromatic rings. The second-order valence-electron chi connectivity index (χ2n) is 8.47. The molecule has 2 aliphatic rings. The lowest BCUT2D eigenvalue weighted by molar-refractivity contribution is -0.143. The molecule has 1 unspecified atom stereocenters. The molecule has 0 fully saturated rings. The first-order valence-corrected chi connectivity index (χ1v) is 12.8. The van der Waals surface area contributed by atoms with E-state index in [-0.39, 0.29) is 17.6 Å². The number of aromatic nitrogens is 1. The third-order valence-corrected chi connectivity index (χ3v) is 7.81. The van der Waals surface area contributed by atoms with Crippen LogP contribution < -0.4 is 19.8 Å². The van der Waals surface area contributed by atoms with E-state index in [1.165, 1.54) is 27.2 Å². The maximum absolute atomic E-state index is 14.0. The molecule has 178 valence electrons. The molecular formula is C26H23N3O4S2. The number of thiazole rings is 1. The van der Waals surface area contributed by atoms with Crippen molar-refractivity contribution in [3.63, 3.8) is 0 Å². The van der Waals surface area contributed by atoms with E-state index >= 15 is 0 Å². The number of nitrogens with zero attached hydrogens (tertiary/aromatic N) is 3. The van der Waals surface area contributed by atoms with Gasteiger partial charge in [0.15, 0.2) is 4.80 Å². The van der Waals surface area contributed by atoms with Crippen LogP contribution in [0.1, 0.15) is 37.3 Å². The van der Waals surface area contributed by atoms with Crippen molar-refractivity contribution in [2.45, 2.75) is 32.9 Å². The number of carbonyl (C=O) groups excluding carboxylic acids is 2. The van der Waals surface area contributed by atoms with Gasteiger partial charge in [0, 0.05) is 17.0 Å². The molecule has 0 spiro atoms. The molecule has 0 aliphatic carbocycles. The molecule has 0 radical (unpaired) electrons. The summed E-state index contributed by atoms with van der Waals surface area (Å²) in [7, 11) is 0. The summed E-state index contributed by atoms with van der Waals surface area (Å²) in [6.07, 6.45) is 1.34. The highest BCUT2D eigenvalue weighted by Crippen LogP contribution is 2.36. The largest absolute Gasteiger partial charge is 0.459 e. The molecule has 1 atom stereocenters. The van der Waals surface area contributed by atoms with Gasteiger partial charge >= 0.3 is 5.97 Å². The number of fused-ring (bicyclic) bond motifs is 2. The van der Waals surface area contributed by atoms with Gasteiger partial charge < -0.3 is 9.64 Å². The minimum absolute atomic E-state index is 0.251. The van der Waals surface area contributed by atoms with Crippen molar-refractivity contribution in [3.05, 3.63) is 95.8 Å². The number of carbonyl (C=O) groups is 2. The van der Waals surface area contributed by atoms with Crippen LogP contribution in [-0.4, -0.2) is 29.1 Å². The van der Waals surface area contributed by atoms with Gasteiger partial charge in [0.05, 0.1) is 28.6 Å². The summed E-state index contributed by atoms with van der Waals surface area (Å²) in [5, 5.41) is 1.90. The van der Waals surface area contributed by atoms with Crippen molar-refractivity contribution in [2.24, 2.45) is 4.99 Å². The molecule has 1 amide bonds. The second-order valence-corrected chi connectivity index (χ2v) is 10.4. The first kappa shape index (κ1) is 23.2. The number of benzene rings is 1. The summed E-state index contributed by atoms with van der Waals surface area (Å²) in [4.78, 5) is 48.0. The van der Waals surface area contributed by atoms with Gasteiger partial charge in [0.1, 0.15) is 10.6 Å². The number of amides is 1. The maximum Gasteiger partial charge on any atom is 0.338 e. The van der Waals surface area contributed by atoms with Gasteiger partial charge in [-0.15, -0.1) is 17.9 Å². The fourth-order valence-corrected chi connectivity index (χ4v) is 6.40. The predicted molar refractivity (Wildman–Crippen MR) is 137 cm³/mol. The lowest BCUT2D eigenvalue weighted by atomic mass is 10.0. The number of hydrogen-bond donors (Lipinski definition) is 0. The normalized spacial score (nSPS) is 18.5. The van der Waals surface area contributed by atoms with Gasteiger partial charge in [-0.05, 0) is 38.3 Å². The van der Waals surface area contributed by atoms with Crippen LogP contribution in [-0.2, 0) is 14.3 Å². The zero-order valence-corrected chi connectivity index (χ0v) is 21.1. The Bertz CT molecular complexity index is 1570. The summed E-state index contributed by atoms with van der Waals surface area (Å²) in [5.41, 5.74) is 2.27. The summed E-state index contributed by atoms with van der Waals surface area (Å²) in [5.74, 6) is -0.753. The molecule has 0 saturated carbocycles. The van der Waals surface area contributed by atoms with E-state index in [1.54, 1.807) is 31.7 Å². The molecule has 9 heteroatoms. The van der Waals surface area contributed by atoms with Crippen LogP contribution in [0.4, 0.5) is 5.69 Å². The van der Waals surface area contributed by atoms with Crippen LogP contribution in [0.5, 0.6) is 0 Å². The molecule has 0 bridgehead atoms. The SMILES string of the molecule is C=CCN1C(=O)C(=c2sc3n(c2=O)C(c2cccs2)C(C(=O)OC(C)C)=C(C)N=3)c2ccccc21. The number of thiophene rings is 1. The fraction of sp³-hybridized carbons (Fsp3) is 0.231. The Labute approximate surface area is 209 Å². The van der Waals surface area contributed by atoms with Gasteiger partial charge in [-0.25, -0.2) is 9.79 Å². The van der Waals surface area contributed by atoms with Crippen LogP contribution in [0.25, 0.3) is 5.57 Å². The fourth-order valence-electron chi connectivity index (χ4n) is 4.44. The number of esters is 1. The van der Waals surface area contributed by atoms with E-state index < -0.39 is 12.0 Å². The Morgan fingerprint density at radius 1 is 1.23 bits per heavy atom. The molecule has 2 aliphatic heterocycles. The number of anilines is 1. The zero-order chi connectivity index (χ0) is 24.9. The Morgan fingerprint density at radius 2 is 2.00 bits per heavy atom. The molecule has 5 rings (SSSR count). The third-order valence-electron chi connectivity index (χ3n) is 5.83. The van der Waals surface area contributed by atoms with Crippen LogP contribution in [0, 0.1) is 0 Å². The molecular weight excluding hydrogens is 482 g/mol. The second kappa shape index (κ2) is 8.90. The summed E-state index contributed by atoms with van der Waals surface area (Å²) in [6, 6.07) is 10.5. The number of rotatable bonds is 5. The van der Waals surface area contributed by atoms with E-state index in [2.05, 4.69) is 11.6 Å². The molecule has 1 aromatic carbocycles. The minimum atomic E-state index is -0.678. The predicted octanol–water partition coefficient (Wildman–Crippen LogP) is 3.15. The van der Waals surface area contributed by atoms with Crippen molar-refractivity contribution in [2.75, 3.05) is 11.4 Å². The standard InChI is InChI=1S/C26H23N3O4S2/c1-5-12-28-17-10-7-6-9-16(17)20(23(28)30)22-24(31)29-21(18-11-8-13-34-18)19(25(32)33-14(2)3)15(4)27-26(29)35-22/h5-11,13-14,21H,1,12H2,2-4H3. The highest BCUT2D eigenvalue weighted by molar-refractivity contribution is 7.10. The Hall–Kier alpha value is -3.56. The first-order valence-electron chi connectivity index (χ1n) is 11.1. The monoisotopic (exact) mass is 505 g/mol. The zero-order valence-electron chi connectivity index (χ0n) is 19.5. The molecule has 4 heterocycles. The molecule has 35 heavy (non-hydrogen) atoms. The van der Waals surface area contributed by atoms with Crippen LogP contribution >= 0.6 is 22.7 Å².